The molecule has 24 heavy (non-hydrogen) atoms. The average molecular weight is 342 g/mol. The van der Waals surface area contributed by atoms with Gasteiger partial charge in [-0.2, -0.15) is 4.90 Å². The largest absolute Gasteiger partial charge is 0.346 e. The van der Waals surface area contributed by atoms with Crippen LogP contribution < -0.4 is 4.90 Å². The van der Waals surface area contributed by atoms with Gasteiger partial charge in [-0.3, -0.25) is 4.58 Å². The molecule has 0 bridgehead atoms. The maximum atomic E-state index is 11.7. The first-order valence-corrected chi connectivity index (χ1v) is 9.01. The van der Waals surface area contributed by atoms with E-state index in [0.29, 0.717) is 11.6 Å². The van der Waals surface area contributed by atoms with Gasteiger partial charge in [-0.05, 0) is 43.5 Å². The summed E-state index contributed by atoms with van der Waals surface area (Å²) in [6.45, 7) is 1.61. The molecule has 2 heterocycles. The Labute approximate surface area is 147 Å². The number of benzene rings is 2. The molecule has 124 valence electrons. The van der Waals surface area contributed by atoms with Crippen LogP contribution in [-0.4, -0.2) is 28.6 Å². The van der Waals surface area contributed by atoms with Gasteiger partial charge < -0.3 is 5.11 Å². The summed E-state index contributed by atoms with van der Waals surface area (Å²) < 4.78 is 2.36. The third-order valence-corrected chi connectivity index (χ3v) is 5.31. The topological polar surface area (TPSA) is 26.5 Å². The molecule has 0 saturated carbocycles. The van der Waals surface area contributed by atoms with Crippen LogP contribution in [0.4, 0.5) is 5.69 Å². The number of amidine groups is 1. The number of hydrogen-bond donors (Lipinski definition) is 1. The molecule has 0 fully saturated rings. The summed E-state index contributed by atoms with van der Waals surface area (Å²) in [5.41, 5.74) is 0.882. The van der Waals surface area contributed by atoms with Crippen molar-refractivity contribution in [1.82, 2.24) is 0 Å². The maximum Gasteiger partial charge on any atom is 0.275 e. The first-order valence-electron chi connectivity index (χ1n) is 8.63. The lowest BCUT2D eigenvalue weighted by Gasteiger charge is -2.29. The SMILES string of the molecule is O[C@]1(c2ccccc2)C[N+]2=C(CCCCC2)N1c1ccc(Cl)cc1. The molecule has 0 saturated heterocycles. The van der Waals surface area contributed by atoms with Crippen LogP contribution in [0.5, 0.6) is 0 Å². The molecule has 2 aliphatic heterocycles. The zero-order chi connectivity index (χ0) is 16.6. The van der Waals surface area contributed by atoms with Gasteiger partial charge in [0.05, 0.1) is 6.54 Å². The Hall–Kier alpha value is -1.84. The fraction of sp³-hybridized carbons (Fsp3) is 0.350. The van der Waals surface area contributed by atoms with Gasteiger partial charge in [0.25, 0.3) is 11.6 Å². The standard InChI is InChI=1S/C20H22ClN2O/c21-17-10-12-18(13-11-17)23-19-9-5-2-6-14-22(19)15-20(23,24)16-7-3-1-4-8-16/h1,3-4,7-8,10-13,24H,2,5-6,9,14-15H2/q+1/t20-/m0/s1. The molecule has 0 aliphatic carbocycles. The predicted molar refractivity (Wildman–Crippen MR) is 97.7 cm³/mol. The molecular formula is C20H22ClN2O+. The van der Waals surface area contributed by atoms with Gasteiger partial charge in [0.15, 0.2) is 6.54 Å². The van der Waals surface area contributed by atoms with E-state index in [4.69, 9.17) is 11.6 Å². The van der Waals surface area contributed by atoms with Gasteiger partial charge in [0.1, 0.15) is 5.69 Å². The van der Waals surface area contributed by atoms with Gasteiger partial charge >= 0.3 is 0 Å². The van der Waals surface area contributed by atoms with E-state index in [1.807, 2.05) is 54.6 Å². The number of anilines is 1. The summed E-state index contributed by atoms with van der Waals surface area (Å²) in [4.78, 5) is 2.12. The zero-order valence-electron chi connectivity index (χ0n) is 13.7. The number of aliphatic hydroxyl groups is 1. The van der Waals surface area contributed by atoms with E-state index in [1.165, 1.54) is 25.1 Å². The van der Waals surface area contributed by atoms with E-state index < -0.39 is 5.72 Å². The fourth-order valence-electron chi connectivity index (χ4n) is 3.90. The molecule has 0 spiro atoms. The van der Waals surface area contributed by atoms with E-state index in [9.17, 15) is 5.11 Å². The van der Waals surface area contributed by atoms with Crippen LogP contribution in [-0.2, 0) is 5.72 Å². The van der Waals surface area contributed by atoms with Crippen LogP contribution in [0.25, 0.3) is 0 Å². The van der Waals surface area contributed by atoms with Crippen molar-refractivity contribution in [2.45, 2.75) is 31.4 Å². The molecule has 0 unspecified atom stereocenters. The van der Waals surface area contributed by atoms with Crippen molar-refractivity contribution in [3.8, 4) is 0 Å². The van der Waals surface area contributed by atoms with E-state index >= 15 is 0 Å². The number of halogens is 1. The minimum Gasteiger partial charge on any atom is -0.346 e. The zero-order valence-corrected chi connectivity index (χ0v) is 14.4. The maximum absolute atomic E-state index is 11.7. The molecule has 2 aromatic carbocycles. The molecule has 0 amide bonds. The Morgan fingerprint density at radius 1 is 0.958 bits per heavy atom. The molecule has 0 radical (unpaired) electrons. The minimum absolute atomic E-state index is 0.606. The highest BCUT2D eigenvalue weighted by atomic mass is 35.5. The first-order chi connectivity index (χ1) is 11.7. The highest BCUT2D eigenvalue weighted by Gasteiger charge is 2.53. The van der Waals surface area contributed by atoms with E-state index in [0.717, 1.165) is 24.2 Å². The Kier molecular flexibility index (Phi) is 4.07. The van der Waals surface area contributed by atoms with Crippen LogP contribution in [0, 0.1) is 0 Å². The molecule has 2 aromatic rings. The molecule has 0 aromatic heterocycles. The third-order valence-electron chi connectivity index (χ3n) is 5.05. The number of rotatable bonds is 2. The van der Waals surface area contributed by atoms with Crippen LogP contribution >= 0.6 is 11.6 Å². The number of nitrogens with zero attached hydrogens (tertiary/aromatic N) is 2. The van der Waals surface area contributed by atoms with Crippen LogP contribution in [0.2, 0.25) is 5.02 Å². The van der Waals surface area contributed by atoms with Crippen molar-refractivity contribution >= 4 is 23.1 Å². The quantitative estimate of drug-likeness (QED) is 0.836. The summed E-state index contributed by atoms with van der Waals surface area (Å²) in [5, 5.41) is 12.4. The minimum atomic E-state index is -1.04. The summed E-state index contributed by atoms with van der Waals surface area (Å²) >= 11 is 6.07. The highest BCUT2D eigenvalue weighted by molar-refractivity contribution is 6.30. The van der Waals surface area contributed by atoms with Gasteiger partial charge in [-0.25, -0.2) is 0 Å². The summed E-state index contributed by atoms with van der Waals surface area (Å²) in [7, 11) is 0. The van der Waals surface area contributed by atoms with Crippen LogP contribution in [0.3, 0.4) is 0 Å². The second-order valence-electron chi connectivity index (χ2n) is 6.64. The lowest BCUT2D eigenvalue weighted by Crippen LogP contribution is -2.47. The average Bonchev–Trinajstić information content (AvgIpc) is 2.74. The molecular weight excluding hydrogens is 320 g/mol. The fourth-order valence-corrected chi connectivity index (χ4v) is 4.03. The van der Waals surface area contributed by atoms with Crippen molar-refractivity contribution in [2.75, 3.05) is 18.0 Å². The Morgan fingerprint density at radius 2 is 1.71 bits per heavy atom. The highest BCUT2D eigenvalue weighted by Crippen LogP contribution is 2.37. The van der Waals surface area contributed by atoms with Gasteiger partial charge in [0, 0.05) is 17.0 Å². The van der Waals surface area contributed by atoms with Crippen molar-refractivity contribution in [1.29, 1.82) is 0 Å². The Morgan fingerprint density at radius 3 is 2.46 bits per heavy atom. The second kappa shape index (κ2) is 6.23. The van der Waals surface area contributed by atoms with E-state index in [-0.39, 0.29) is 0 Å². The monoisotopic (exact) mass is 341 g/mol. The lowest BCUT2D eigenvalue weighted by molar-refractivity contribution is -0.534. The molecule has 1 N–H and O–H groups in total. The summed E-state index contributed by atoms with van der Waals surface area (Å²) in [6.07, 6.45) is 4.60. The normalized spacial score (nSPS) is 24.0. The van der Waals surface area contributed by atoms with Crippen molar-refractivity contribution in [3.63, 3.8) is 0 Å². The van der Waals surface area contributed by atoms with Gasteiger partial charge in [-0.15, -0.1) is 0 Å². The van der Waals surface area contributed by atoms with Gasteiger partial charge in [-0.1, -0.05) is 41.9 Å². The molecule has 1 atom stereocenters. The van der Waals surface area contributed by atoms with Crippen molar-refractivity contribution in [2.24, 2.45) is 0 Å². The van der Waals surface area contributed by atoms with E-state index in [2.05, 4.69) is 9.48 Å². The van der Waals surface area contributed by atoms with Gasteiger partial charge in [0.2, 0.25) is 0 Å². The van der Waals surface area contributed by atoms with Crippen molar-refractivity contribution in [3.05, 3.63) is 65.2 Å². The third kappa shape index (κ3) is 2.62. The second-order valence-corrected chi connectivity index (χ2v) is 7.08. The van der Waals surface area contributed by atoms with E-state index in [1.54, 1.807) is 0 Å². The van der Waals surface area contributed by atoms with Crippen LogP contribution in [0.1, 0.15) is 31.2 Å². The van der Waals surface area contributed by atoms with Crippen molar-refractivity contribution < 1.29 is 9.68 Å². The number of hydrogen-bond acceptors (Lipinski definition) is 2. The smallest absolute Gasteiger partial charge is 0.275 e. The van der Waals surface area contributed by atoms with Crippen LogP contribution in [0.15, 0.2) is 54.6 Å². The molecule has 3 nitrogen and oxygen atoms in total. The molecule has 4 heteroatoms. The lowest BCUT2D eigenvalue weighted by atomic mass is 10.00. The first kappa shape index (κ1) is 15.7. The predicted octanol–water partition coefficient (Wildman–Crippen LogP) is 3.99. The molecule has 4 rings (SSSR count). The molecule has 2 aliphatic rings. The summed E-state index contributed by atoms with van der Waals surface area (Å²) in [5.74, 6) is 1.22. The summed E-state index contributed by atoms with van der Waals surface area (Å²) in [6, 6.07) is 17.8. The Bertz CT molecular complexity index is 757. The Balaban J connectivity index is 1.84.